The van der Waals surface area contributed by atoms with Crippen LogP contribution in [0.15, 0.2) is 53.7 Å². The van der Waals surface area contributed by atoms with Gasteiger partial charge in [0.1, 0.15) is 5.52 Å². The minimum atomic E-state index is -0.526. The molecule has 2 atom stereocenters. The predicted molar refractivity (Wildman–Crippen MR) is 115 cm³/mol. The van der Waals surface area contributed by atoms with Gasteiger partial charge in [-0.3, -0.25) is 14.3 Å². The topological polar surface area (TPSA) is 75.9 Å². The Balaban J connectivity index is 1.55. The molecule has 7 heteroatoms. The van der Waals surface area contributed by atoms with Crippen molar-refractivity contribution in [3.05, 3.63) is 70.4 Å². The number of rotatable bonds is 2. The van der Waals surface area contributed by atoms with E-state index in [1.807, 2.05) is 50.8 Å². The molecule has 1 amide bonds. The number of benzene rings is 1. The molecule has 1 aliphatic heterocycles. The molecule has 0 unspecified atom stereocenters. The molecule has 1 spiro atoms. The highest BCUT2D eigenvalue weighted by molar-refractivity contribution is 6.11. The molecule has 1 N–H and O–H groups in total. The molecule has 0 radical (unpaired) electrons. The maximum absolute atomic E-state index is 13.3. The second-order valence-electron chi connectivity index (χ2n) is 8.48. The fourth-order valence-corrected chi connectivity index (χ4v) is 5.20. The van der Waals surface area contributed by atoms with Gasteiger partial charge in [-0.2, -0.15) is 5.10 Å². The van der Waals surface area contributed by atoms with Crippen LogP contribution >= 0.6 is 0 Å². The second-order valence-corrected chi connectivity index (χ2v) is 8.48. The number of amides is 1. The first-order valence-corrected chi connectivity index (χ1v) is 10.0. The summed E-state index contributed by atoms with van der Waals surface area (Å²) in [6.45, 7) is 0. The van der Waals surface area contributed by atoms with Gasteiger partial charge < -0.3 is 14.5 Å². The van der Waals surface area contributed by atoms with Crippen LogP contribution in [-0.4, -0.2) is 32.3 Å². The van der Waals surface area contributed by atoms with Gasteiger partial charge in [-0.05, 0) is 29.7 Å². The number of carbonyl (C=O) groups excluding carboxylic acids is 1. The van der Waals surface area contributed by atoms with Gasteiger partial charge in [0.15, 0.2) is 0 Å². The van der Waals surface area contributed by atoms with E-state index in [-0.39, 0.29) is 17.4 Å². The van der Waals surface area contributed by atoms with Crippen molar-refractivity contribution in [2.75, 3.05) is 11.9 Å². The van der Waals surface area contributed by atoms with Gasteiger partial charge in [-0.1, -0.05) is 18.2 Å². The van der Waals surface area contributed by atoms with Gasteiger partial charge in [0.05, 0.1) is 11.6 Å². The van der Waals surface area contributed by atoms with Crippen LogP contribution in [0.3, 0.4) is 0 Å². The number of hydrogen-bond donors (Lipinski definition) is 1. The number of para-hydroxylation sites is 1. The van der Waals surface area contributed by atoms with Crippen molar-refractivity contribution in [1.82, 2.24) is 19.3 Å². The summed E-state index contributed by atoms with van der Waals surface area (Å²) in [6, 6.07) is 10.0. The number of aromatic amines is 1. The van der Waals surface area contributed by atoms with E-state index in [4.69, 9.17) is 0 Å². The van der Waals surface area contributed by atoms with Gasteiger partial charge in [0.25, 0.3) is 5.56 Å². The van der Waals surface area contributed by atoms with Gasteiger partial charge in [0.2, 0.25) is 5.91 Å². The van der Waals surface area contributed by atoms with E-state index in [1.165, 1.54) is 0 Å². The first-order chi connectivity index (χ1) is 14.4. The highest BCUT2D eigenvalue weighted by atomic mass is 16.2. The average Bonchev–Trinajstić information content (AvgIpc) is 3.00. The Hall–Kier alpha value is -3.61. The summed E-state index contributed by atoms with van der Waals surface area (Å²) in [5.74, 6) is 0.182. The SMILES string of the molecule is CN1C(=O)[C@@]2(C[C@H]2c2cn(C)c(=O)c3[nH]c(-c4cnn(C)c4)cc23)c2ccccc21. The molecule has 4 heterocycles. The van der Waals surface area contributed by atoms with Crippen molar-refractivity contribution in [3.63, 3.8) is 0 Å². The predicted octanol–water partition coefficient (Wildman–Crippen LogP) is 2.67. The molecule has 0 saturated heterocycles. The third kappa shape index (κ3) is 2.01. The second kappa shape index (κ2) is 5.50. The zero-order valence-corrected chi connectivity index (χ0v) is 17.0. The number of H-pyrrole nitrogens is 1. The van der Waals surface area contributed by atoms with Crippen LogP contribution in [0.4, 0.5) is 5.69 Å². The molecule has 1 saturated carbocycles. The number of hydrogen-bond acceptors (Lipinski definition) is 3. The number of nitrogens with zero attached hydrogens (tertiary/aromatic N) is 4. The number of aryl methyl sites for hydroxylation is 2. The Morgan fingerprint density at radius 2 is 1.93 bits per heavy atom. The van der Waals surface area contributed by atoms with E-state index < -0.39 is 5.41 Å². The third-order valence-corrected chi connectivity index (χ3v) is 6.78. The fourth-order valence-electron chi connectivity index (χ4n) is 5.20. The molecule has 30 heavy (non-hydrogen) atoms. The Morgan fingerprint density at radius 3 is 2.70 bits per heavy atom. The number of carbonyl (C=O) groups is 1. The van der Waals surface area contributed by atoms with Crippen molar-refractivity contribution in [3.8, 4) is 11.3 Å². The number of nitrogens with one attached hydrogen (secondary N) is 1. The van der Waals surface area contributed by atoms with Crippen molar-refractivity contribution in [1.29, 1.82) is 0 Å². The van der Waals surface area contributed by atoms with E-state index >= 15 is 0 Å². The molecule has 2 aliphatic rings. The van der Waals surface area contributed by atoms with E-state index in [2.05, 4.69) is 16.1 Å². The number of anilines is 1. The van der Waals surface area contributed by atoms with Gasteiger partial charge in [-0.25, -0.2) is 0 Å². The maximum Gasteiger partial charge on any atom is 0.274 e. The lowest BCUT2D eigenvalue weighted by atomic mass is 9.91. The van der Waals surface area contributed by atoms with Crippen LogP contribution in [0.5, 0.6) is 0 Å². The molecule has 7 nitrogen and oxygen atoms in total. The van der Waals surface area contributed by atoms with E-state index in [0.29, 0.717) is 5.52 Å². The zero-order chi connectivity index (χ0) is 20.8. The molecular weight excluding hydrogens is 378 g/mol. The quantitative estimate of drug-likeness (QED) is 0.563. The number of fused-ring (bicyclic) bond motifs is 3. The minimum absolute atomic E-state index is 0.0444. The Bertz CT molecular complexity index is 1430. The summed E-state index contributed by atoms with van der Waals surface area (Å²) < 4.78 is 3.35. The number of aromatic nitrogens is 4. The molecule has 1 aromatic carbocycles. The highest BCUT2D eigenvalue weighted by Gasteiger charge is 2.67. The normalized spacial score (nSPS) is 22.3. The number of pyridine rings is 1. The maximum atomic E-state index is 13.3. The Morgan fingerprint density at radius 1 is 1.13 bits per heavy atom. The van der Waals surface area contributed by atoms with Crippen LogP contribution in [0.25, 0.3) is 22.2 Å². The Labute approximate surface area is 172 Å². The van der Waals surface area contributed by atoms with Gasteiger partial charge in [-0.15, -0.1) is 0 Å². The molecular formula is C23H21N5O2. The molecule has 6 rings (SSSR count). The van der Waals surface area contributed by atoms with Crippen LogP contribution in [-0.2, 0) is 24.3 Å². The van der Waals surface area contributed by atoms with Crippen molar-refractivity contribution >= 4 is 22.5 Å². The zero-order valence-electron chi connectivity index (χ0n) is 17.0. The molecule has 1 fully saturated rings. The van der Waals surface area contributed by atoms with Crippen molar-refractivity contribution < 1.29 is 4.79 Å². The molecule has 150 valence electrons. The summed E-state index contributed by atoms with van der Waals surface area (Å²) >= 11 is 0. The van der Waals surface area contributed by atoms with Crippen molar-refractivity contribution in [2.45, 2.75) is 17.8 Å². The first kappa shape index (κ1) is 17.3. The summed E-state index contributed by atoms with van der Waals surface area (Å²) in [6.07, 6.45) is 6.35. The smallest absolute Gasteiger partial charge is 0.274 e. The third-order valence-electron chi connectivity index (χ3n) is 6.78. The van der Waals surface area contributed by atoms with E-state index in [0.717, 1.165) is 39.9 Å². The summed E-state index contributed by atoms with van der Waals surface area (Å²) in [5, 5.41) is 5.13. The summed E-state index contributed by atoms with van der Waals surface area (Å²) in [7, 11) is 5.48. The lowest BCUT2D eigenvalue weighted by molar-refractivity contribution is -0.120. The molecule has 3 aromatic heterocycles. The largest absolute Gasteiger partial charge is 0.350 e. The van der Waals surface area contributed by atoms with Crippen LogP contribution in [0, 0.1) is 0 Å². The lowest BCUT2D eigenvalue weighted by Gasteiger charge is -2.12. The summed E-state index contributed by atoms with van der Waals surface area (Å²) in [5.41, 5.74) is 4.86. The molecule has 4 aromatic rings. The molecule has 1 aliphatic carbocycles. The standard InChI is InChI=1S/C23H21N5O2/c1-26-12-15(14-8-18(25-20(14)21(26)29)13-10-24-27(2)11-13)17-9-23(17)16-6-4-5-7-19(16)28(3)22(23)30/h4-8,10-12,17,25H,9H2,1-3H3/t17-,23-/m0/s1. The van der Waals surface area contributed by atoms with Crippen molar-refractivity contribution in [2.24, 2.45) is 14.1 Å². The van der Waals surface area contributed by atoms with E-state index in [1.54, 1.807) is 27.4 Å². The van der Waals surface area contributed by atoms with Crippen LogP contribution < -0.4 is 10.5 Å². The minimum Gasteiger partial charge on any atom is -0.350 e. The van der Waals surface area contributed by atoms with Gasteiger partial charge >= 0.3 is 0 Å². The Kier molecular flexibility index (Phi) is 3.17. The summed E-state index contributed by atoms with van der Waals surface area (Å²) in [4.78, 5) is 31.2. The highest BCUT2D eigenvalue weighted by Crippen LogP contribution is 2.66. The molecule has 0 bridgehead atoms. The fraction of sp³-hybridized carbons (Fsp3) is 0.261. The van der Waals surface area contributed by atoms with Crippen LogP contribution in [0.2, 0.25) is 0 Å². The lowest BCUT2D eigenvalue weighted by Crippen LogP contribution is -2.29. The number of likely N-dealkylation sites (N-methyl/N-ethyl adjacent to an activating group) is 1. The van der Waals surface area contributed by atoms with E-state index in [9.17, 15) is 9.59 Å². The van der Waals surface area contributed by atoms with Crippen LogP contribution in [0.1, 0.15) is 23.5 Å². The monoisotopic (exact) mass is 399 g/mol. The van der Waals surface area contributed by atoms with Gasteiger partial charge in [0, 0.05) is 61.8 Å². The first-order valence-electron chi connectivity index (χ1n) is 10.0. The average molecular weight is 399 g/mol.